The molecule has 3 heteroatoms. The largest absolute Gasteiger partial charge is 0.311 e. The Kier molecular flexibility index (Phi) is 6.31. The highest BCUT2D eigenvalue weighted by Gasteiger charge is 2.32. The summed E-state index contributed by atoms with van der Waals surface area (Å²) in [4.78, 5) is 5.07. The summed E-state index contributed by atoms with van der Waals surface area (Å²) >= 11 is 0. The van der Waals surface area contributed by atoms with Gasteiger partial charge in [-0.3, -0.25) is 4.90 Å². The van der Waals surface area contributed by atoms with Gasteiger partial charge in [-0.05, 0) is 59.7 Å². The van der Waals surface area contributed by atoms with E-state index in [1.165, 1.54) is 58.2 Å². The van der Waals surface area contributed by atoms with Crippen molar-refractivity contribution in [2.75, 3.05) is 33.7 Å². The SMILES string of the molecule is CC(CCN(C)C)N1CC(C2CCCCC2)NCC1C. The second-order valence-electron chi connectivity index (χ2n) is 7.40. The van der Waals surface area contributed by atoms with Crippen LogP contribution in [0, 0.1) is 5.92 Å². The topological polar surface area (TPSA) is 18.5 Å². The predicted octanol–water partition coefficient (Wildman–Crippen LogP) is 2.57. The minimum absolute atomic E-state index is 0.687. The summed E-state index contributed by atoms with van der Waals surface area (Å²) in [5.41, 5.74) is 0. The molecular weight excluding hydrogens is 246 g/mol. The van der Waals surface area contributed by atoms with Crippen molar-refractivity contribution in [2.45, 2.75) is 70.5 Å². The highest BCUT2D eigenvalue weighted by Crippen LogP contribution is 2.29. The molecule has 2 fully saturated rings. The molecule has 20 heavy (non-hydrogen) atoms. The van der Waals surface area contributed by atoms with Crippen LogP contribution in [0.1, 0.15) is 52.4 Å². The molecule has 3 nitrogen and oxygen atoms in total. The van der Waals surface area contributed by atoms with Crippen LogP contribution in [0.3, 0.4) is 0 Å². The lowest BCUT2D eigenvalue weighted by molar-refractivity contribution is 0.0660. The van der Waals surface area contributed by atoms with Crippen LogP contribution in [-0.4, -0.2) is 61.7 Å². The Bertz CT molecular complexity index is 273. The number of nitrogens with zero attached hydrogens (tertiary/aromatic N) is 2. The summed E-state index contributed by atoms with van der Waals surface area (Å²) in [7, 11) is 4.36. The highest BCUT2D eigenvalue weighted by atomic mass is 15.3. The third-order valence-electron chi connectivity index (χ3n) is 5.43. The van der Waals surface area contributed by atoms with Crippen LogP contribution in [0.4, 0.5) is 0 Å². The first-order chi connectivity index (χ1) is 9.58. The van der Waals surface area contributed by atoms with Crippen molar-refractivity contribution in [1.29, 1.82) is 0 Å². The zero-order valence-corrected chi connectivity index (χ0v) is 14.1. The van der Waals surface area contributed by atoms with Gasteiger partial charge in [0.25, 0.3) is 0 Å². The third kappa shape index (κ3) is 4.44. The molecule has 3 unspecified atom stereocenters. The minimum Gasteiger partial charge on any atom is -0.311 e. The molecule has 0 spiro atoms. The Morgan fingerprint density at radius 3 is 2.55 bits per heavy atom. The Hall–Kier alpha value is -0.120. The summed E-state index contributed by atoms with van der Waals surface area (Å²) in [6.07, 6.45) is 8.55. The van der Waals surface area contributed by atoms with Crippen LogP contribution >= 0.6 is 0 Å². The van der Waals surface area contributed by atoms with Gasteiger partial charge >= 0.3 is 0 Å². The van der Waals surface area contributed by atoms with E-state index in [1.54, 1.807) is 0 Å². The van der Waals surface area contributed by atoms with Crippen LogP contribution in [-0.2, 0) is 0 Å². The van der Waals surface area contributed by atoms with E-state index in [9.17, 15) is 0 Å². The quantitative estimate of drug-likeness (QED) is 0.835. The second-order valence-corrected chi connectivity index (χ2v) is 7.40. The van der Waals surface area contributed by atoms with Gasteiger partial charge in [-0.1, -0.05) is 19.3 Å². The molecule has 0 aromatic rings. The molecule has 0 radical (unpaired) electrons. The summed E-state index contributed by atoms with van der Waals surface area (Å²) in [6.45, 7) is 8.44. The van der Waals surface area contributed by atoms with Crippen molar-refractivity contribution in [3.63, 3.8) is 0 Å². The maximum absolute atomic E-state index is 3.84. The molecule has 1 saturated heterocycles. The maximum Gasteiger partial charge on any atom is 0.0224 e. The van der Waals surface area contributed by atoms with E-state index < -0.39 is 0 Å². The van der Waals surface area contributed by atoms with E-state index in [4.69, 9.17) is 0 Å². The predicted molar refractivity (Wildman–Crippen MR) is 87.2 cm³/mol. The van der Waals surface area contributed by atoms with Gasteiger partial charge in [-0.15, -0.1) is 0 Å². The van der Waals surface area contributed by atoms with Crippen molar-refractivity contribution in [3.8, 4) is 0 Å². The summed E-state index contributed by atoms with van der Waals surface area (Å²) in [5.74, 6) is 0.930. The number of nitrogens with one attached hydrogen (secondary N) is 1. The fraction of sp³-hybridized carbons (Fsp3) is 1.00. The molecule has 118 valence electrons. The Labute approximate surface area is 126 Å². The molecule has 2 rings (SSSR count). The van der Waals surface area contributed by atoms with E-state index >= 15 is 0 Å². The number of piperazine rings is 1. The smallest absolute Gasteiger partial charge is 0.0224 e. The summed E-state index contributed by atoms with van der Waals surface area (Å²) in [5, 5.41) is 3.84. The normalized spacial score (nSPS) is 31.6. The minimum atomic E-state index is 0.687. The first-order valence-electron chi connectivity index (χ1n) is 8.71. The molecule has 1 saturated carbocycles. The Balaban J connectivity index is 1.86. The first-order valence-corrected chi connectivity index (χ1v) is 8.71. The van der Waals surface area contributed by atoms with Crippen LogP contribution in [0.25, 0.3) is 0 Å². The highest BCUT2D eigenvalue weighted by molar-refractivity contribution is 4.91. The molecule has 1 heterocycles. The lowest BCUT2D eigenvalue weighted by Gasteiger charge is -2.45. The monoisotopic (exact) mass is 281 g/mol. The zero-order valence-electron chi connectivity index (χ0n) is 14.1. The third-order valence-corrected chi connectivity index (χ3v) is 5.43. The van der Waals surface area contributed by atoms with Crippen molar-refractivity contribution in [2.24, 2.45) is 5.92 Å². The lowest BCUT2D eigenvalue weighted by Crippen LogP contribution is -2.60. The molecule has 3 atom stereocenters. The van der Waals surface area contributed by atoms with E-state index in [1.807, 2.05) is 0 Å². The van der Waals surface area contributed by atoms with Crippen LogP contribution in [0.5, 0.6) is 0 Å². The van der Waals surface area contributed by atoms with Gasteiger partial charge in [0.05, 0.1) is 0 Å². The maximum atomic E-state index is 3.84. The summed E-state index contributed by atoms with van der Waals surface area (Å²) in [6, 6.07) is 2.14. The standard InChI is InChI=1S/C17H35N3/c1-14(10-11-19(3)4)20-13-17(18-12-15(20)2)16-8-6-5-7-9-16/h14-18H,5-13H2,1-4H3. The molecule has 0 amide bonds. The van der Waals surface area contributed by atoms with Crippen LogP contribution < -0.4 is 5.32 Å². The van der Waals surface area contributed by atoms with Crippen molar-refractivity contribution in [1.82, 2.24) is 15.1 Å². The van der Waals surface area contributed by atoms with Gasteiger partial charge in [-0.2, -0.15) is 0 Å². The average Bonchev–Trinajstić information content (AvgIpc) is 2.46. The molecular formula is C17H35N3. The molecule has 1 aliphatic carbocycles. The second kappa shape index (κ2) is 7.77. The number of hydrogen-bond donors (Lipinski definition) is 1. The molecule has 2 aliphatic rings. The van der Waals surface area contributed by atoms with Crippen molar-refractivity contribution >= 4 is 0 Å². The lowest BCUT2D eigenvalue weighted by atomic mass is 9.82. The fourth-order valence-corrected chi connectivity index (χ4v) is 3.99. The van der Waals surface area contributed by atoms with Crippen molar-refractivity contribution < 1.29 is 0 Å². The Morgan fingerprint density at radius 2 is 1.90 bits per heavy atom. The van der Waals surface area contributed by atoms with Gasteiger partial charge in [0.1, 0.15) is 0 Å². The summed E-state index contributed by atoms with van der Waals surface area (Å²) < 4.78 is 0. The van der Waals surface area contributed by atoms with E-state index in [2.05, 4.69) is 43.1 Å². The van der Waals surface area contributed by atoms with Gasteiger partial charge in [0, 0.05) is 31.2 Å². The van der Waals surface area contributed by atoms with E-state index in [-0.39, 0.29) is 0 Å². The zero-order chi connectivity index (χ0) is 14.5. The van der Waals surface area contributed by atoms with Crippen molar-refractivity contribution in [3.05, 3.63) is 0 Å². The molecule has 0 bridgehead atoms. The number of hydrogen-bond acceptors (Lipinski definition) is 3. The molecule has 0 aromatic carbocycles. The van der Waals surface area contributed by atoms with Crippen LogP contribution in [0.15, 0.2) is 0 Å². The van der Waals surface area contributed by atoms with E-state index in [0.717, 1.165) is 12.0 Å². The molecule has 1 N–H and O–H groups in total. The number of rotatable bonds is 5. The van der Waals surface area contributed by atoms with Crippen LogP contribution in [0.2, 0.25) is 0 Å². The first kappa shape index (κ1) is 16.3. The molecule has 0 aromatic heterocycles. The van der Waals surface area contributed by atoms with E-state index in [0.29, 0.717) is 12.1 Å². The van der Waals surface area contributed by atoms with Gasteiger partial charge in [0.15, 0.2) is 0 Å². The van der Waals surface area contributed by atoms with Gasteiger partial charge < -0.3 is 10.2 Å². The fourth-order valence-electron chi connectivity index (χ4n) is 3.99. The Morgan fingerprint density at radius 1 is 1.20 bits per heavy atom. The molecule has 1 aliphatic heterocycles. The average molecular weight is 281 g/mol. The van der Waals surface area contributed by atoms with Gasteiger partial charge in [-0.25, -0.2) is 0 Å². The van der Waals surface area contributed by atoms with Gasteiger partial charge in [0.2, 0.25) is 0 Å².